The first-order valence-electron chi connectivity index (χ1n) is 5.59. The van der Waals surface area contributed by atoms with E-state index in [0.717, 1.165) is 0 Å². The highest BCUT2D eigenvalue weighted by Crippen LogP contribution is 2.13. The summed E-state index contributed by atoms with van der Waals surface area (Å²) in [6.45, 7) is 5.94. The molecule has 0 aliphatic heterocycles. The summed E-state index contributed by atoms with van der Waals surface area (Å²) in [5.74, 6) is 0.217. The molecule has 0 fully saturated rings. The monoisotopic (exact) mass is 248 g/mol. The van der Waals surface area contributed by atoms with Gasteiger partial charge in [-0.05, 0) is 20.8 Å². The molecule has 0 unspecified atom stereocenters. The molecule has 0 atom stereocenters. The smallest absolute Gasteiger partial charge is 0.240 e. The highest BCUT2D eigenvalue weighted by atomic mass is 16.2. The number of carbonyl (C=O) groups is 1. The first-order chi connectivity index (χ1) is 8.37. The second-order valence-electron chi connectivity index (χ2n) is 5.10. The van der Waals surface area contributed by atoms with Gasteiger partial charge in [0.25, 0.3) is 0 Å². The van der Waals surface area contributed by atoms with Gasteiger partial charge in [0.05, 0.1) is 6.33 Å². The minimum absolute atomic E-state index is 0.0982. The maximum atomic E-state index is 11.8. The van der Waals surface area contributed by atoms with Crippen molar-refractivity contribution in [1.29, 1.82) is 0 Å². The molecule has 2 rings (SSSR count). The molecule has 0 bridgehead atoms. The average molecular weight is 248 g/mol. The Bertz CT molecular complexity index is 583. The van der Waals surface area contributed by atoms with Gasteiger partial charge in [-0.3, -0.25) is 4.79 Å². The Hall–Kier alpha value is -2.18. The van der Waals surface area contributed by atoms with Crippen LogP contribution in [0.15, 0.2) is 12.7 Å². The number of anilines is 1. The van der Waals surface area contributed by atoms with E-state index < -0.39 is 0 Å². The highest BCUT2D eigenvalue weighted by Gasteiger charge is 2.15. The number of imidazole rings is 1. The molecule has 7 nitrogen and oxygen atoms in total. The van der Waals surface area contributed by atoms with Crippen LogP contribution in [0.5, 0.6) is 0 Å². The fourth-order valence-electron chi connectivity index (χ4n) is 1.63. The molecular weight excluding hydrogens is 232 g/mol. The van der Waals surface area contributed by atoms with E-state index in [1.807, 2.05) is 20.8 Å². The van der Waals surface area contributed by atoms with Gasteiger partial charge < -0.3 is 15.6 Å². The Morgan fingerprint density at radius 1 is 1.39 bits per heavy atom. The number of nitrogens with one attached hydrogen (secondary N) is 1. The van der Waals surface area contributed by atoms with Gasteiger partial charge in [-0.25, -0.2) is 15.0 Å². The van der Waals surface area contributed by atoms with Crippen LogP contribution < -0.4 is 11.1 Å². The van der Waals surface area contributed by atoms with Gasteiger partial charge in [0.1, 0.15) is 18.4 Å². The van der Waals surface area contributed by atoms with Gasteiger partial charge in [-0.2, -0.15) is 0 Å². The molecule has 18 heavy (non-hydrogen) atoms. The molecule has 0 saturated carbocycles. The third-order valence-electron chi connectivity index (χ3n) is 2.26. The van der Waals surface area contributed by atoms with E-state index >= 15 is 0 Å². The van der Waals surface area contributed by atoms with Gasteiger partial charge in [0, 0.05) is 5.54 Å². The zero-order valence-electron chi connectivity index (χ0n) is 10.6. The number of rotatable bonds is 2. The number of carbonyl (C=O) groups excluding carboxylic acids is 1. The van der Waals surface area contributed by atoms with Crippen LogP contribution >= 0.6 is 0 Å². The van der Waals surface area contributed by atoms with Crippen molar-refractivity contribution >= 4 is 22.9 Å². The van der Waals surface area contributed by atoms with Crippen molar-refractivity contribution in [3.8, 4) is 0 Å². The van der Waals surface area contributed by atoms with Crippen molar-refractivity contribution in [3.05, 3.63) is 12.7 Å². The molecule has 0 aliphatic rings. The molecule has 1 amide bonds. The van der Waals surface area contributed by atoms with Gasteiger partial charge in [-0.1, -0.05) is 0 Å². The predicted octanol–water partition coefficient (Wildman–Crippen LogP) is 0.323. The van der Waals surface area contributed by atoms with E-state index in [2.05, 4.69) is 20.3 Å². The Kier molecular flexibility index (Phi) is 2.90. The van der Waals surface area contributed by atoms with Crippen LogP contribution in [0.1, 0.15) is 20.8 Å². The van der Waals surface area contributed by atoms with Gasteiger partial charge in [0.15, 0.2) is 11.5 Å². The van der Waals surface area contributed by atoms with Crippen molar-refractivity contribution < 1.29 is 4.79 Å². The number of fused-ring (bicyclic) bond motifs is 1. The summed E-state index contributed by atoms with van der Waals surface area (Å²) in [4.78, 5) is 23.9. The lowest BCUT2D eigenvalue weighted by atomic mass is 10.1. The topological polar surface area (TPSA) is 98.7 Å². The molecule has 0 aromatic carbocycles. The predicted molar refractivity (Wildman–Crippen MR) is 67.6 cm³/mol. The molecule has 0 spiro atoms. The zero-order chi connectivity index (χ0) is 13.3. The number of nitrogens with zero attached hydrogens (tertiary/aromatic N) is 4. The number of amides is 1. The molecular formula is C11H16N6O. The van der Waals surface area contributed by atoms with E-state index in [4.69, 9.17) is 5.73 Å². The molecule has 96 valence electrons. The van der Waals surface area contributed by atoms with E-state index in [1.165, 1.54) is 12.7 Å². The number of nitrogens with two attached hydrogens (primary N) is 1. The molecule has 2 heterocycles. The van der Waals surface area contributed by atoms with Crippen molar-refractivity contribution in [1.82, 2.24) is 24.8 Å². The number of aromatic nitrogens is 4. The van der Waals surface area contributed by atoms with Crippen LogP contribution in [0.4, 0.5) is 5.82 Å². The van der Waals surface area contributed by atoms with Crippen molar-refractivity contribution in [3.63, 3.8) is 0 Å². The normalized spacial score (nSPS) is 11.7. The van der Waals surface area contributed by atoms with Gasteiger partial charge in [-0.15, -0.1) is 0 Å². The largest absolute Gasteiger partial charge is 0.382 e. The highest BCUT2D eigenvalue weighted by molar-refractivity contribution is 5.83. The Morgan fingerprint density at radius 2 is 2.11 bits per heavy atom. The lowest BCUT2D eigenvalue weighted by Crippen LogP contribution is -2.42. The van der Waals surface area contributed by atoms with Gasteiger partial charge in [0.2, 0.25) is 5.91 Å². The van der Waals surface area contributed by atoms with E-state index in [9.17, 15) is 4.79 Å². The summed E-state index contributed by atoms with van der Waals surface area (Å²) in [5, 5.41) is 2.87. The maximum Gasteiger partial charge on any atom is 0.240 e. The fraction of sp³-hybridized carbons (Fsp3) is 0.455. The lowest BCUT2D eigenvalue weighted by Gasteiger charge is -2.20. The molecule has 0 radical (unpaired) electrons. The number of hydrogen-bond acceptors (Lipinski definition) is 5. The van der Waals surface area contributed by atoms with Crippen LogP contribution in [-0.2, 0) is 11.3 Å². The van der Waals surface area contributed by atoms with Crippen molar-refractivity contribution in [2.24, 2.45) is 0 Å². The van der Waals surface area contributed by atoms with Crippen LogP contribution in [0.3, 0.4) is 0 Å². The Balaban J connectivity index is 2.23. The summed E-state index contributed by atoms with van der Waals surface area (Å²) >= 11 is 0. The summed E-state index contributed by atoms with van der Waals surface area (Å²) in [6.07, 6.45) is 2.90. The van der Waals surface area contributed by atoms with Crippen molar-refractivity contribution in [2.45, 2.75) is 32.9 Å². The van der Waals surface area contributed by atoms with E-state index in [1.54, 1.807) is 4.57 Å². The third kappa shape index (κ3) is 2.55. The van der Waals surface area contributed by atoms with Crippen LogP contribution in [-0.4, -0.2) is 31.0 Å². The summed E-state index contributed by atoms with van der Waals surface area (Å²) in [7, 11) is 0. The number of nitrogen functional groups attached to an aromatic ring is 1. The molecule has 3 N–H and O–H groups in total. The minimum Gasteiger partial charge on any atom is -0.382 e. The molecule has 7 heteroatoms. The Morgan fingerprint density at radius 3 is 2.78 bits per heavy atom. The molecule has 0 aliphatic carbocycles. The summed E-state index contributed by atoms with van der Waals surface area (Å²) in [6, 6.07) is 0. The zero-order valence-corrected chi connectivity index (χ0v) is 10.6. The first-order valence-corrected chi connectivity index (χ1v) is 5.59. The van der Waals surface area contributed by atoms with Gasteiger partial charge >= 0.3 is 0 Å². The molecule has 2 aromatic rings. The fourth-order valence-corrected chi connectivity index (χ4v) is 1.63. The summed E-state index contributed by atoms with van der Waals surface area (Å²) < 4.78 is 1.65. The maximum absolute atomic E-state index is 11.8. The molecule has 2 aromatic heterocycles. The number of hydrogen-bond donors (Lipinski definition) is 2. The summed E-state index contributed by atoms with van der Waals surface area (Å²) in [5.41, 5.74) is 6.49. The van der Waals surface area contributed by atoms with Crippen LogP contribution in [0.2, 0.25) is 0 Å². The second kappa shape index (κ2) is 4.25. The van der Waals surface area contributed by atoms with Crippen LogP contribution in [0, 0.1) is 0 Å². The minimum atomic E-state index is -0.262. The second-order valence-corrected chi connectivity index (χ2v) is 5.10. The quantitative estimate of drug-likeness (QED) is 0.797. The third-order valence-corrected chi connectivity index (χ3v) is 2.26. The average Bonchev–Trinajstić information content (AvgIpc) is 2.60. The van der Waals surface area contributed by atoms with E-state index in [0.29, 0.717) is 17.0 Å². The molecule has 0 saturated heterocycles. The lowest BCUT2D eigenvalue weighted by molar-refractivity contribution is -0.123. The first kappa shape index (κ1) is 12.3. The Labute approximate surface area is 104 Å². The van der Waals surface area contributed by atoms with Crippen molar-refractivity contribution in [2.75, 3.05) is 5.73 Å². The standard InChI is InChI=1S/C11H16N6O/c1-11(2,3)16-7(18)4-17-6-15-8-9(12)13-5-14-10(8)17/h5-6H,4H2,1-3H3,(H,16,18)(H2,12,13,14). The van der Waals surface area contributed by atoms with E-state index in [-0.39, 0.29) is 18.0 Å². The van der Waals surface area contributed by atoms with Crippen LogP contribution in [0.25, 0.3) is 11.2 Å². The SMILES string of the molecule is CC(C)(C)NC(=O)Cn1cnc2c(N)ncnc21.